The molecule has 0 aliphatic heterocycles. The summed E-state index contributed by atoms with van der Waals surface area (Å²) in [4.78, 5) is 12.6. The monoisotopic (exact) mass is 310 g/mol. The molecule has 1 aromatic carbocycles. The molecule has 88 valence electrons. The van der Waals surface area contributed by atoms with E-state index in [-0.39, 0.29) is 5.91 Å². The number of benzene rings is 1. The highest BCUT2D eigenvalue weighted by atomic mass is 79.9. The molecule has 17 heavy (non-hydrogen) atoms. The molecular formula is C12H11BrN2OS. The van der Waals surface area contributed by atoms with Crippen LogP contribution in [0.25, 0.3) is 0 Å². The molecule has 0 radical (unpaired) electrons. The summed E-state index contributed by atoms with van der Waals surface area (Å²) in [5.74, 6) is -0.149. The Morgan fingerprint density at radius 2 is 2.18 bits per heavy atom. The number of hydrogen-bond acceptors (Lipinski definition) is 3. The lowest BCUT2D eigenvalue weighted by molar-refractivity contribution is 0.103. The smallest absolute Gasteiger partial charge is 0.266 e. The van der Waals surface area contributed by atoms with Crippen molar-refractivity contribution in [1.82, 2.24) is 0 Å². The van der Waals surface area contributed by atoms with Crippen LogP contribution < -0.4 is 11.1 Å². The van der Waals surface area contributed by atoms with E-state index in [4.69, 9.17) is 5.73 Å². The van der Waals surface area contributed by atoms with Crippen LogP contribution in [0.3, 0.4) is 0 Å². The van der Waals surface area contributed by atoms with Crippen LogP contribution in [0.4, 0.5) is 11.4 Å². The van der Waals surface area contributed by atoms with Gasteiger partial charge in [-0.25, -0.2) is 0 Å². The van der Waals surface area contributed by atoms with Crippen LogP contribution >= 0.6 is 27.3 Å². The summed E-state index contributed by atoms with van der Waals surface area (Å²) >= 11 is 4.72. The third-order valence-corrected chi connectivity index (χ3v) is 4.12. The molecule has 3 N–H and O–H groups in total. The minimum absolute atomic E-state index is 0.149. The lowest BCUT2D eigenvalue weighted by atomic mass is 10.2. The summed E-state index contributed by atoms with van der Waals surface area (Å²) in [6.07, 6.45) is 0. The van der Waals surface area contributed by atoms with Crippen LogP contribution in [0.15, 0.2) is 34.1 Å². The summed E-state index contributed by atoms with van der Waals surface area (Å²) in [5, 5.41) is 4.67. The van der Waals surface area contributed by atoms with Gasteiger partial charge in [0.25, 0.3) is 5.91 Å². The third-order valence-electron chi connectivity index (χ3n) is 2.28. The molecule has 1 heterocycles. The lowest BCUT2D eigenvalue weighted by Gasteiger charge is -2.08. The maximum atomic E-state index is 12.0. The van der Waals surface area contributed by atoms with E-state index in [0.717, 1.165) is 10.0 Å². The second kappa shape index (κ2) is 4.89. The Morgan fingerprint density at radius 1 is 1.41 bits per heavy atom. The summed E-state index contributed by atoms with van der Waals surface area (Å²) < 4.78 is 0.797. The molecule has 2 aromatic rings. The van der Waals surface area contributed by atoms with E-state index in [2.05, 4.69) is 21.2 Å². The van der Waals surface area contributed by atoms with E-state index in [1.165, 1.54) is 11.3 Å². The fourth-order valence-corrected chi connectivity index (χ4v) is 2.86. The second-order valence-corrected chi connectivity index (χ2v) is 5.41. The highest BCUT2D eigenvalue weighted by Gasteiger charge is 2.12. The van der Waals surface area contributed by atoms with Crippen LogP contribution in [-0.4, -0.2) is 5.91 Å². The van der Waals surface area contributed by atoms with Crippen molar-refractivity contribution in [3.63, 3.8) is 0 Å². The molecule has 0 aliphatic carbocycles. The standard InChI is InChI=1S/C12H11BrN2OS/c1-7-2-3-9(14)10(6-7)15-12(16)11-8(13)4-5-17-11/h2-6H,14H2,1H3,(H,15,16). The van der Waals surface area contributed by atoms with Gasteiger partial charge in [-0.2, -0.15) is 0 Å². The number of nitrogens with two attached hydrogens (primary N) is 1. The first-order valence-electron chi connectivity index (χ1n) is 4.98. The highest BCUT2D eigenvalue weighted by Crippen LogP contribution is 2.25. The number of carbonyl (C=O) groups excluding carboxylic acids is 1. The topological polar surface area (TPSA) is 55.1 Å². The summed E-state index contributed by atoms with van der Waals surface area (Å²) in [6.45, 7) is 1.95. The SMILES string of the molecule is Cc1ccc(N)c(NC(=O)c2sccc2Br)c1. The number of aryl methyl sites for hydroxylation is 1. The number of hydrogen-bond donors (Lipinski definition) is 2. The summed E-state index contributed by atoms with van der Waals surface area (Å²) in [7, 11) is 0. The minimum Gasteiger partial charge on any atom is -0.397 e. The number of nitrogens with one attached hydrogen (secondary N) is 1. The first-order valence-corrected chi connectivity index (χ1v) is 6.65. The Bertz CT molecular complexity index is 565. The zero-order valence-corrected chi connectivity index (χ0v) is 11.6. The van der Waals surface area contributed by atoms with Gasteiger partial charge in [0.1, 0.15) is 4.88 Å². The van der Waals surface area contributed by atoms with Crippen LogP contribution in [-0.2, 0) is 0 Å². The molecule has 0 saturated heterocycles. The van der Waals surface area contributed by atoms with Gasteiger partial charge in [0.2, 0.25) is 0 Å². The number of rotatable bonds is 2. The fraction of sp³-hybridized carbons (Fsp3) is 0.0833. The van der Waals surface area contributed by atoms with Crippen LogP contribution in [0.2, 0.25) is 0 Å². The van der Waals surface area contributed by atoms with Gasteiger partial charge in [-0.1, -0.05) is 6.07 Å². The largest absolute Gasteiger partial charge is 0.397 e. The molecule has 0 aliphatic rings. The average Bonchev–Trinajstić information content (AvgIpc) is 2.70. The van der Waals surface area contributed by atoms with E-state index < -0.39 is 0 Å². The van der Waals surface area contributed by atoms with Crippen molar-refractivity contribution in [2.24, 2.45) is 0 Å². The highest BCUT2D eigenvalue weighted by molar-refractivity contribution is 9.10. The van der Waals surface area contributed by atoms with E-state index in [0.29, 0.717) is 16.3 Å². The lowest BCUT2D eigenvalue weighted by Crippen LogP contribution is -2.12. The van der Waals surface area contributed by atoms with E-state index in [9.17, 15) is 4.79 Å². The van der Waals surface area contributed by atoms with Crippen molar-refractivity contribution in [2.75, 3.05) is 11.1 Å². The van der Waals surface area contributed by atoms with Crippen molar-refractivity contribution in [2.45, 2.75) is 6.92 Å². The van der Waals surface area contributed by atoms with Gasteiger partial charge in [-0.05, 0) is 52.0 Å². The molecule has 0 saturated carbocycles. The second-order valence-electron chi connectivity index (χ2n) is 3.64. The maximum Gasteiger partial charge on any atom is 0.266 e. The van der Waals surface area contributed by atoms with Gasteiger partial charge in [-0.15, -0.1) is 11.3 Å². The fourth-order valence-electron chi connectivity index (χ4n) is 1.41. The Labute approximate surface area is 112 Å². The molecular weight excluding hydrogens is 300 g/mol. The molecule has 2 rings (SSSR count). The van der Waals surface area contributed by atoms with E-state index in [1.807, 2.05) is 30.5 Å². The van der Waals surface area contributed by atoms with Crippen LogP contribution in [0.1, 0.15) is 15.2 Å². The number of anilines is 2. The van der Waals surface area contributed by atoms with Crippen molar-refractivity contribution in [1.29, 1.82) is 0 Å². The van der Waals surface area contributed by atoms with Gasteiger partial charge in [0.15, 0.2) is 0 Å². The quantitative estimate of drug-likeness (QED) is 0.832. The van der Waals surface area contributed by atoms with Gasteiger partial charge in [-0.3, -0.25) is 4.79 Å². The van der Waals surface area contributed by atoms with Crippen LogP contribution in [0.5, 0.6) is 0 Å². The average molecular weight is 311 g/mol. The van der Waals surface area contributed by atoms with Gasteiger partial charge in [0.05, 0.1) is 11.4 Å². The third kappa shape index (κ3) is 2.68. The Balaban J connectivity index is 2.24. The number of nitrogen functional groups attached to an aromatic ring is 1. The number of halogens is 1. The predicted octanol–water partition coefficient (Wildman–Crippen LogP) is 3.65. The molecule has 3 nitrogen and oxygen atoms in total. The number of thiophene rings is 1. The molecule has 0 fully saturated rings. The molecule has 0 bridgehead atoms. The zero-order valence-electron chi connectivity index (χ0n) is 9.16. The van der Waals surface area contributed by atoms with Crippen molar-refractivity contribution < 1.29 is 4.79 Å². The molecule has 0 unspecified atom stereocenters. The normalized spacial score (nSPS) is 10.2. The zero-order chi connectivity index (χ0) is 12.4. The first kappa shape index (κ1) is 12.1. The van der Waals surface area contributed by atoms with Crippen molar-refractivity contribution in [3.05, 3.63) is 44.6 Å². The number of amides is 1. The van der Waals surface area contributed by atoms with E-state index >= 15 is 0 Å². The van der Waals surface area contributed by atoms with Crippen molar-refractivity contribution >= 4 is 44.5 Å². The number of carbonyl (C=O) groups is 1. The Hall–Kier alpha value is -1.33. The molecule has 1 aromatic heterocycles. The first-order chi connectivity index (χ1) is 8.08. The molecule has 0 atom stereocenters. The van der Waals surface area contributed by atoms with E-state index in [1.54, 1.807) is 6.07 Å². The molecule has 1 amide bonds. The predicted molar refractivity (Wildman–Crippen MR) is 75.6 cm³/mol. The van der Waals surface area contributed by atoms with Gasteiger partial charge >= 0.3 is 0 Å². The minimum atomic E-state index is -0.149. The van der Waals surface area contributed by atoms with Gasteiger partial charge in [0, 0.05) is 4.47 Å². The molecule has 0 spiro atoms. The van der Waals surface area contributed by atoms with Gasteiger partial charge < -0.3 is 11.1 Å². The maximum absolute atomic E-state index is 12.0. The molecule has 5 heteroatoms. The summed E-state index contributed by atoms with van der Waals surface area (Å²) in [6, 6.07) is 7.40. The Kier molecular flexibility index (Phi) is 3.49. The van der Waals surface area contributed by atoms with Crippen molar-refractivity contribution in [3.8, 4) is 0 Å². The summed E-state index contributed by atoms with van der Waals surface area (Å²) in [5.41, 5.74) is 8.08. The Morgan fingerprint density at radius 3 is 2.82 bits per heavy atom. The van der Waals surface area contributed by atoms with Crippen LogP contribution in [0, 0.1) is 6.92 Å².